The molecule has 1 fully saturated rings. The molecule has 1 saturated heterocycles. The van der Waals surface area contributed by atoms with E-state index in [2.05, 4.69) is 12.1 Å². The number of ether oxygens (including phenoxy) is 2. The monoisotopic (exact) mass is 369 g/mol. The Morgan fingerprint density at radius 3 is 2.37 bits per heavy atom. The lowest BCUT2D eigenvalue weighted by Gasteiger charge is -2.25. The molecule has 3 rings (SSSR count). The Kier molecular flexibility index (Phi) is 6.01. The van der Waals surface area contributed by atoms with Crippen LogP contribution in [0.5, 0.6) is 11.5 Å². The van der Waals surface area contributed by atoms with Crippen molar-refractivity contribution >= 4 is 5.91 Å². The molecule has 2 aromatic rings. The Bertz CT molecular complexity index is 765. The van der Waals surface area contributed by atoms with Crippen LogP contribution in [0, 0.1) is 6.92 Å². The van der Waals surface area contributed by atoms with Crippen LogP contribution in [0.15, 0.2) is 42.5 Å². The standard InChI is InChI=1S/C22H27NO4/c1-15-20(26-2)11-17(12-21(15)27-3)22(25)23-14-19(24)13-18(23)10-9-16-7-5-4-6-8-16/h4-8,11-12,18-19,24H,9-10,13-14H2,1-3H3/t18?,19-/m1/s1. The highest BCUT2D eigenvalue weighted by molar-refractivity contribution is 5.95. The number of benzene rings is 2. The third kappa shape index (κ3) is 4.25. The first-order chi connectivity index (χ1) is 13.0. The summed E-state index contributed by atoms with van der Waals surface area (Å²) in [7, 11) is 3.16. The van der Waals surface area contributed by atoms with Crippen molar-refractivity contribution in [3.63, 3.8) is 0 Å². The summed E-state index contributed by atoms with van der Waals surface area (Å²) >= 11 is 0. The van der Waals surface area contributed by atoms with E-state index in [9.17, 15) is 9.90 Å². The van der Waals surface area contributed by atoms with Gasteiger partial charge in [0.25, 0.3) is 5.91 Å². The number of nitrogens with zero attached hydrogens (tertiary/aromatic N) is 1. The number of methoxy groups -OCH3 is 2. The van der Waals surface area contributed by atoms with E-state index in [1.165, 1.54) is 5.56 Å². The van der Waals surface area contributed by atoms with E-state index in [1.807, 2.05) is 25.1 Å². The van der Waals surface area contributed by atoms with Gasteiger partial charge in [0.2, 0.25) is 0 Å². The zero-order valence-corrected chi connectivity index (χ0v) is 16.1. The Morgan fingerprint density at radius 2 is 1.78 bits per heavy atom. The van der Waals surface area contributed by atoms with Crippen molar-refractivity contribution in [2.75, 3.05) is 20.8 Å². The number of aliphatic hydroxyl groups excluding tert-OH is 1. The topological polar surface area (TPSA) is 59.0 Å². The molecule has 27 heavy (non-hydrogen) atoms. The molecule has 1 heterocycles. The van der Waals surface area contributed by atoms with E-state index >= 15 is 0 Å². The fourth-order valence-electron chi connectivity index (χ4n) is 3.77. The Balaban J connectivity index is 1.79. The van der Waals surface area contributed by atoms with Gasteiger partial charge < -0.3 is 19.5 Å². The molecule has 5 heteroatoms. The Morgan fingerprint density at radius 1 is 1.15 bits per heavy atom. The van der Waals surface area contributed by atoms with Crippen molar-refractivity contribution < 1.29 is 19.4 Å². The Hall–Kier alpha value is -2.53. The molecule has 0 radical (unpaired) electrons. The molecular formula is C22H27NO4. The number of carbonyl (C=O) groups is 1. The number of amides is 1. The number of β-amino-alcohol motifs (C(OH)–C–C–N with tert-alkyl or cyclic N) is 1. The second-order valence-corrected chi connectivity index (χ2v) is 7.03. The first-order valence-electron chi connectivity index (χ1n) is 9.29. The van der Waals surface area contributed by atoms with Crippen LogP contribution >= 0.6 is 0 Å². The van der Waals surface area contributed by atoms with E-state index in [-0.39, 0.29) is 11.9 Å². The average Bonchev–Trinajstić information content (AvgIpc) is 3.07. The van der Waals surface area contributed by atoms with Crippen molar-refractivity contribution in [2.24, 2.45) is 0 Å². The number of likely N-dealkylation sites (tertiary alicyclic amines) is 1. The van der Waals surface area contributed by atoms with Crippen molar-refractivity contribution in [1.82, 2.24) is 4.90 Å². The number of hydrogen-bond donors (Lipinski definition) is 1. The normalized spacial score (nSPS) is 19.2. The van der Waals surface area contributed by atoms with Crippen molar-refractivity contribution in [1.29, 1.82) is 0 Å². The summed E-state index contributed by atoms with van der Waals surface area (Å²) in [6.45, 7) is 2.25. The molecule has 0 aliphatic carbocycles. The number of rotatable bonds is 6. The molecule has 1 aliphatic rings. The van der Waals surface area contributed by atoms with Crippen LogP contribution < -0.4 is 9.47 Å². The summed E-state index contributed by atoms with van der Waals surface area (Å²) < 4.78 is 10.8. The molecule has 0 saturated carbocycles. The summed E-state index contributed by atoms with van der Waals surface area (Å²) in [6, 6.07) is 13.7. The average molecular weight is 369 g/mol. The van der Waals surface area contributed by atoms with Crippen LogP contribution in [0.25, 0.3) is 0 Å². The van der Waals surface area contributed by atoms with Gasteiger partial charge in [0.15, 0.2) is 0 Å². The summed E-state index contributed by atoms with van der Waals surface area (Å²) in [6.07, 6.45) is 1.83. The van der Waals surface area contributed by atoms with Gasteiger partial charge in [0.1, 0.15) is 11.5 Å². The van der Waals surface area contributed by atoms with Gasteiger partial charge in [-0.15, -0.1) is 0 Å². The van der Waals surface area contributed by atoms with Gasteiger partial charge in [-0.05, 0) is 43.9 Å². The van der Waals surface area contributed by atoms with Crippen LogP contribution in [-0.4, -0.2) is 48.8 Å². The van der Waals surface area contributed by atoms with E-state index in [0.717, 1.165) is 18.4 Å². The zero-order valence-electron chi connectivity index (χ0n) is 16.1. The summed E-state index contributed by atoms with van der Waals surface area (Å²) in [5.74, 6) is 1.15. The minimum absolute atomic E-state index is 0.0194. The van der Waals surface area contributed by atoms with Crippen molar-refractivity contribution in [3.05, 3.63) is 59.2 Å². The van der Waals surface area contributed by atoms with E-state index in [4.69, 9.17) is 9.47 Å². The van der Waals surface area contributed by atoms with Crippen LogP contribution in [0.3, 0.4) is 0 Å². The van der Waals surface area contributed by atoms with Crippen molar-refractivity contribution in [2.45, 2.75) is 38.3 Å². The molecule has 0 bridgehead atoms. The molecule has 144 valence electrons. The third-order valence-corrected chi connectivity index (χ3v) is 5.26. The van der Waals surface area contributed by atoms with Crippen LogP contribution in [0.2, 0.25) is 0 Å². The van der Waals surface area contributed by atoms with Gasteiger partial charge in [0.05, 0.1) is 20.3 Å². The molecule has 1 amide bonds. The molecule has 2 atom stereocenters. The SMILES string of the molecule is COc1cc(C(=O)N2C[C@H](O)CC2CCc2ccccc2)cc(OC)c1C. The lowest BCUT2D eigenvalue weighted by Crippen LogP contribution is -2.36. The minimum Gasteiger partial charge on any atom is -0.496 e. The number of carbonyl (C=O) groups excluding carboxylic acids is 1. The fourth-order valence-corrected chi connectivity index (χ4v) is 3.77. The maximum Gasteiger partial charge on any atom is 0.254 e. The first-order valence-corrected chi connectivity index (χ1v) is 9.29. The van der Waals surface area contributed by atoms with Gasteiger partial charge in [-0.2, -0.15) is 0 Å². The highest BCUT2D eigenvalue weighted by Gasteiger charge is 2.34. The molecule has 1 N–H and O–H groups in total. The molecule has 2 aromatic carbocycles. The maximum atomic E-state index is 13.2. The van der Waals surface area contributed by atoms with Gasteiger partial charge in [-0.3, -0.25) is 4.79 Å². The van der Waals surface area contributed by atoms with Gasteiger partial charge in [-0.25, -0.2) is 0 Å². The van der Waals surface area contributed by atoms with Crippen molar-refractivity contribution in [3.8, 4) is 11.5 Å². The van der Waals surface area contributed by atoms with E-state index in [1.54, 1.807) is 31.3 Å². The van der Waals surface area contributed by atoms with Gasteiger partial charge in [0, 0.05) is 23.7 Å². The van der Waals surface area contributed by atoms with Crippen LogP contribution in [0.4, 0.5) is 0 Å². The summed E-state index contributed by atoms with van der Waals surface area (Å²) in [4.78, 5) is 15.0. The molecule has 1 unspecified atom stereocenters. The van der Waals surface area contributed by atoms with E-state index < -0.39 is 6.10 Å². The van der Waals surface area contributed by atoms with Crippen LogP contribution in [-0.2, 0) is 6.42 Å². The second kappa shape index (κ2) is 8.44. The first kappa shape index (κ1) is 19.2. The Labute approximate surface area is 160 Å². The highest BCUT2D eigenvalue weighted by atomic mass is 16.5. The highest BCUT2D eigenvalue weighted by Crippen LogP contribution is 2.32. The zero-order chi connectivity index (χ0) is 19.4. The smallest absolute Gasteiger partial charge is 0.254 e. The predicted octanol–water partition coefficient (Wildman–Crippen LogP) is 3.22. The minimum atomic E-state index is -0.482. The molecule has 5 nitrogen and oxygen atoms in total. The third-order valence-electron chi connectivity index (χ3n) is 5.26. The second-order valence-electron chi connectivity index (χ2n) is 7.03. The summed E-state index contributed by atoms with van der Waals surface area (Å²) in [5, 5.41) is 10.2. The molecule has 1 aliphatic heterocycles. The lowest BCUT2D eigenvalue weighted by molar-refractivity contribution is 0.0710. The van der Waals surface area contributed by atoms with Gasteiger partial charge in [-0.1, -0.05) is 30.3 Å². The number of aliphatic hydroxyl groups is 1. The molecular weight excluding hydrogens is 342 g/mol. The largest absolute Gasteiger partial charge is 0.496 e. The molecule has 0 aromatic heterocycles. The fraction of sp³-hybridized carbons (Fsp3) is 0.409. The maximum absolute atomic E-state index is 13.2. The lowest BCUT2D eigenvalue weighted by atomic mass is 10.0. The van der Waals surface area contributed by atoms with E-state index in [0.29, 0.717) is 30.0 Å². The molecule has 0 spiro atoms. The predicted molar refractivity (Wildman–Crippen MR) is 104 cm³/mol. The van der Waals surface area contributed by atoms with Gasteiger partial charge >= 0.3 is 0 Å². The van der Waals surface area contributed by atoms with Crippen LogP contribution in [0.1, 0.15) is 34.3 Å². The summed E-state index contributed by atoms with van der Waals surface area (Å²) in [5.41, 5.74) is 2.62. The number of aryl methyl sites for hydroxylation is 1. The number of hydrogen-bond acceptors (Lipinski definition) is 4. The quantitative estimate of drug-likeness (QED) is 0.849.